The predicted octanol–water partition coefficient (Wildman–Crippen LogP) is 1.80. The Bertz CT molecular complexity index is 203. The zero-order chi connectivity index (χ0) is 13.0. The van der Waals surface area contributed by atoms with Gasteiger partial charge in [0.1, 0.15) is 0 Å². The number of hydrogen-bond donors (Lipinski definition) is 3. The maximum absolute atomic E-state index is 9.88. The number of aliphatic hydroxyl groups is 3. The van der Waals surface area contributed by atoms with Gasteiger partial charge in [0, 0.05) is 6.61 Å². The Hall–Kier alpha value is -0.120. The van der Waals surface area contributed by atoms with Gasteiger partial charge in [-0.15, -0.1) is 0 Å². The summed E-state index contributed by atoms with van der Waals surface area (Å²) in [7, 11) is 0. The molecule has 0 rings (SSSR count). The molecule has 0 aliphatic rings. The Morgan fingerprint density at radius 2 is 1.56 bits per heavy atom. The minimum Gasteiger partial charge on any atom is -0.396 e. The van der Waals surface area contributed by atoms with Crippen molar-refractivity contribution in [2.24, 2.45) is 16.7 Å². The second kappa shape index (κ2) is 5.99. The minimum absolute atomic E-state index is 0.0460. The van der Waals surface area contributed by atoms with Crippen molar-refractivity contribution < 1.29 is 15.3 Å². The molecule has 0 heterocycles. The van der Waals surface area contributed by atoms with Crippen molar-refractivity contribution in [3.63, 3.8) is 0 Å². The van der Waals surface area contributed by atoms with Crippen LogP contribution in [0.25, 0.3) is 0 Å². The molecule has 3 heteroatoms. The lowest BCUT2D eigenvalue weighted by molar-refractivity contribution is -0.0439. The Labute approximate surface area is 99.5 Å². The molecule has 0 aromatic heterocycles. The van der Waals surface area contributed by atoms with E-state index in [1.165, 1.54) is 0 Å². The van der Waals surface area contributed by atoms with Crippen LogP contribution in [0.15, 0.2) is 0 Å². The fourth-order valence-corrected chi connectivity index (χ4v) is 2.16. The van der Waals surface area contributed by atoms with Crippen LogP contribution < -0.4 is 0 Å². The summed E-state index contributed by atoms with van der Waals surface area (Å²) >= 11 is 0. The molecular weight excluding hydrogens is 204 g/mol. The first kappa shape index (κ1) is 15.9. The van der Waals surface area contributed by atoms with Gasteiger partial charge in [0.25, 0.3) is 0 Å². The fraction of sp³-hybridized carbons (Fsp3) is 1.00. The fourth-order valence-electron chi connectivity index (χ4n) is 2.16. The van der Waals surface area contributed by atoms with Crippen molar-refractivity contribution in [2.75, 3.05) is 13.2 Å². The third kappa shape index (κ3) is 3.72. The van der Waals surface area contributed by atoms with Crippen molar-refractivity contribution in [3.05, 3.63) is 0 Å². The lowest BCUT2D eigenvalue weighted by atomic mass is 9.65. The van der Waals surface area contributed by atoms with Crippen LogP contribution in [0.5, 0.6) is 0 Å². The Morgan fingerprint density at radius 3 is 1.88 bits per heavy atom. The zero-order valence-electron chi connectivity index (χ0n) is 11.3. The molecule has 0 bridgehead atoms. The predicted molar refractivity (Wildman–Crippen MR) is 66.1 cm³/mol. The molecule has 0 saturated heterocycles. The molecule has 3 atom stereocenters. The summed E-state index contributed by atoms with van der Waals surface area (Å²) in [5, 5.41) is 28.2. The van der Waals surface area contributed by atoms with E-state index in [-0.39, 0.29) is 30.0 Å². The summed E-state index contributed by atoms with van der Waals surface area (Å²) in [5.74, 6) is 0.185. The number of rotatable bonds is 7. The molecule has 3 unspecified atom stereocenters. The molecular formula is C13H28O3. The second-order valence-electron chi connectivity index (χ2n) is 5.95. The van der Waals surface area contributed by atoms with E-state index in [0.29, 0.717) is 0 Å². The average molecular weight is 232 g/mol. The second-order valence-corrected chi connectivity index (χ2v) is 5.95. The molecule has 0 aromatic carbocycles. The molecule has 0 radical (unpaired) electrons. The molecule has 3 N–H and O–H groups in total. The van der Waals surface area contributed by atoms with Crippen LogP contribution >= 0.6 is 0 Å². The summed E-state index contributed by atoms with van der Waals surface area (Å²) < 4.78 is 0. The molecule has 16 heavy (non-hydrogen) atoms. The first-order chi connectivity index (χ1) is 7.23. The van der Waals surface area contributed by atoms with Crippen LogP contribution in [-0.4, -0.2) is 34.6 Å². The monoisotopic (exact) mass is 232 g/mol. The molecule has 0 spiro atoms. The van der Waals surface area contributed by atoms with Gasteiger partial charge in [0.05, 0.1) is 12.7 Å². The van der Waals surface area contributed by atoms with E-state index in [1.807, 2.05) is 20.8 Å². The van der Waals surface area contributed by atoms with E-state index in [0.717, 1.165) is 12.8 Å². The number of hydrogen-bond acceptors (Lipinski definition) is 3. The third-order valence-corrected chi connectivity index (χ3v) is 4.25. The van der Waals surface area contributed by atoms with E-state index < -0.39 is 6.10 Å². The van der Waals surface area contributed by atoms with E-state index in [4.69, 9.17) is 5.11 Å². The maximum atomic E-state index is 9.88. The quantitative estimate of drug-likeness (QED) is 0.627. The highest BCUT2D eigenvalue weighted by Crippen LogP contribution is 2.42. The van der Waals surface area contributed by atoms with Crippen molar-refractivity contribution in [1.82, 2.24) is 0 Å². The van der Waals surface area contributed by atoms with Crippen LogP contribution in [0.1, 0.15) is 47.5 Å². The highest BCUT2D eigenvalue weighted by molar-refractivity contribution is 4.88. The molecule has 0 aromatic rings. The summed E-state index contributed by atoms with van der Waals surface area (Å²) in [6, 6.07) is 0. The Morgan fingerprint density at radius 1 is 1.06 bits per heavy atom. The molecule has 0 amide bonds. The van der Waals surface area contributed by atoms with Crippen LogP contribution in [0.4, 0.5) is 0 Å². The van der Waals surface area contributed by atoms with E-state index in [2.05, 4.69) is 13.8 Å². The van der Waals surface area contributed by atoms with E-state index in [1.54, 1.807) is 0 Å². The smallest absolute Gasteiger partial charge is 0.0824 e. The van der Waals surface area contributed by atoms with Crippen LogP contribution in [-0.2, 0) is 0 Å². The summed E-state index contributed by atoms with van der Waals surface area (Å²) in [4.78, 5) is 0. The van der Waals surface area contributed by atoms with Crippen molar-refractivity contribution in [2.45, 2.75) is 53.6 Å². The molecule has 0 fully saturated rings. The lowest BCUT2D eigenvalue weighted by Gasteiger charge is -2.42. The standard InChI is InChI=1S/C13H28O3/c1-6-13(5,11(16)8-15)9-12(3,4)10(2)7-14/h10-11,14-16H,6-9H2,1-5H3. The average Bonchev–Trinajstić information content (AvgIpc) is 2.25. The van der Waals surface area contributed by atoms with Gasteiger partial charge in [-0.05, 0) is 29.6 Å². The lowest BCUT2D eigenvalue weighted by Crippen LogP contribution is -2.40. The first-order valence-electron chi connectivity index (χ1n) is 6.13. The first-order valence-corrected chi connectivity index (χ1v) is 6.13. The topological polar surface area (TPSA) is 60.7 Å². The van der Waals surface area contributed by atoms with Crippen molar-refractivity contribution in [3.8, 4) is 0 Å². The highest BCUT2D eigenvalue weighted by atomic mass is 16.3. The van der Waals surface area contributed by atoms with Crippen molar-refractivity contribution in [1.29, 1.82) is 0 Å². The summed E-state index contributed by atoms with van der Waals surface area (Å²) in [5.41, 5.74) is -0.336. The number of aliphatic hydroxyl groups excluding tert-OH is 3. The molecule has 0 aliphatic carbocycles. The van der Waals surface area contributed by atoms with E-state index >= 15 is 0 Å². The zero-order valence-corrected chi connectivity index (χ0v) is 11.3. The van der Waals surface area contributed by atoms with Gasteiger partial charge >= 0.3 is 0 Å². The van der Waals surface area contributed by atoms with Gasteiger partial charge in [-0.2, -0.15) is 0 Å². The van der Waals surface area contributed by atoms with E-state index in [9.17, 15) is 10.2 Å². The van der Waals surface area contributed by atoms with Gasteiger partial charge < -0.3 is 15.3 Å². The Balaban J connectivity index is 4.76. The van der Waals surface area contributed by atoms with Gasteiger partial charge in [-0.25, -0.2) is 0 Å². The minimum atomic E-state index is -0.692. The third-order valence-electron chi connectivity index (χ3n) is 4.25. The summed E-state index contributed by atoms with van der Waals surface area (Å²) in [6.45, 7) is 10.2. The highest BCUT2D eigenvalue weighted by Gasteiger charge is 2.38. The SMILES string of the molecule is CCC(C)(CC(C)(C)C(C)CO)C(O)CO. The van der Waals surface area contributed by atoms with Gasteiger partial charge in [-0.1, -0.05) is 34.6 Å². The van der Waals surface area contributed by atoms with Crippen LogP contribution in [0.2, 0.25) is 0 Å². The van der Waals surface area contributed by atoms with Crippen LogP contribution in [0, 0.1) is 16.7 Å². The molecule has 0 saturated carbocycles. The van der Waals surface area contributed by atoms with Crippen LogP contribution in [0.3, 0.4) is 0 Å². The van der Waals surface area contributed by atoms with Gasteiger partial charge in [0.15, 0.2) is 0 Å². The largest absolute Gasteiger partial charge is 0.396 e. The van der Waals surface area contributed by atoms with Gasteiger partial charge in [0.2, 0.25) is 0 Å². The van der Waals surface area contributed by atoms with Crippen molar-refractivity contribution >= 4 is 0 Å². The van der Waals surface area contributed by atoms with Gasteiger partial charge in [-0.3, -0.25) is 0 Å². The summed E-state index contributed by atoms with van der Waals surface area (Å²) in [6.07, 6.45) is 0.915. The normalized spacial score (nSPS) is 20.2. The molecule has 3 nitrogen and oxygen atoms in total. The Kier molecular flexibility index (Phi) is 5.94. The maximum Gasteiger partial charge on any atom is 0.0824 e. The molecule has 98 valence electrons. The molecule has 0 aliphatic heterocycles.